The van der Waals surface area contributed by atoms with E-state index in [9.17, 15) is 9.59 Å². The molecule has 0 spiro atoms. The van der Waals surface area contributed by atoms with E-state index in [1.54, 1.807) is 32.0 Å². The Balaban J connectivity index is 1.40. The molecule has 0 atom stereocenters. The fourth-order valence-electron chi connectivity index (χ4n) is 3.49. The minimum Gasteiger partial charge on any atom is -0.484 e. The van der Waals surface area contributed by atoms with Crippen LogP contribution in [0.5, 0.6) is 5.75 Å². The van der Waals surface area contributed by atoms with Gasteiger partial charge in [-0.25, -0.2) is 4.98 Å². The molecule has 0 fully saturated rings. The van der Waals surface area contributed by atoms with Gasteiger partial charge in [0.05, 0.1) is 6.26 Å². The molecule has 9 heteroatoms. The number of carbonyl (C=O) groups is 1. The predicted octanol–water partition coefficient (Wildman–Crippen LogP) is 4.00. The van der Waals surface area contributed by atoms with Gasteiger partial charge >= 0.3 is 0 Å². The van der Waals surface area contributed by atoms with Crippen LogP contribution < -0.4 is 15.6 Å². The Morgan fingerprint density at radius 3 is 2.68 bits per heavy atom. The van der Waals surface area contributed by atoms with Crippen LogP contribution >= 0.6 is 0 Å². The van der Waals surface area contributed by atoms with E-state index in [-0.39, 0.29) is 18.1 Å². The number of hydrogen-bond donors (Lipinski definition) is 2. The summed E-state index contributed by atoms with van der Waals surface area (Å²) in [4.78, 5) is 32.1. The van der Waals surface area contributed by atoms with Crippen LogP contribution in [0.3, 0.4) is 0 Å². The number of amides is 1. The van der Waals surface area contributed by atoms with Crippen molar-refractivity contribution in [2.45, 2.75) is 13.8 Å². The molecule has 0 bridgehead atoms. The predicted molar refractivity (Wildman–Crippen MR) is 127 cm³/mol. The number of aryl methyl sites for hydroxylation is 1. The zero-order valence-electron chi connectivity index (χ0n) is 18.5. The lowest BCUT2D eigenvalue weighted by atomic mass is 10.1. The molecule has 0 saturated heterocycles. The number of aromatic nitrogens is 4. The van der Waals surface area contributed by atoms with Crippen LogP contribution in [0.4, 0.5) is 5.82 Å². The molecule has 170 valence electrons. The van der Waals surface area contributed by atoms with Crippen molar-refractivity contribution in [2.24, 2.45) is 0 Å². The van der Waals surface area contributed by atoms with Crippen LogP contribution in [0.2, 0.25) is 0 Å². The second-order valence-electron chi connectivity index (χ2n) is 7.75. The molecule has 34 heavy (non-hydrogen) atoms. The van der Waals surface area contributed by atoms with Crippen molar-refractivity contribution in [3.05, 3.63) is 88.5 Å². The van der Waals surface area contributed by atoms with Gasteiger partial charge in [0.1, 0.15) is 17.3 Å². The number of anilines is 1. The number of fused-ring (bicyclic) bond motifs is 1. The van der Waals surface area contributed by atoms with Gasteiger partial charge < -0.3 is 14.5 Å². The summed E-state index contributed by atoms with van der Waals surface area (Å²) >= 11 is 0. The summed E-state index contributed by atoms with van der Waals surface area (Å²) in [6.45, 7) is 3.21. The number of carbonyl (C=O) groups excluding carboxylic acids is 1. The fraction of sp³-hybridized carbons (Fsp3) is 0.120. The van der Waals surface area contributed by atoms with E-state index < -0.39 is 5.91 Å². The summed E-state index contributed by atoms with van der Waals surface area (Å²) in [6, 6.07) is 18.7. The standard InChI is InChI=1S/C25H21N5O4/c1-15-16(2)26-25(28-24(15)32)30-22(13-20(29-30)21-8-5-11-33-21)27-23(31)14-34-19-10-9-17-6-3-4-7-18(17)12-19/h3-13H,14H2,1-2H3,(H,27,31)(H,26,28,32). The minimum atomic E-state index is -0.397. The summed E-state index contributed by atoms with van der Waals surface area (Å²) in [5.41, 5.74) is 1.26. The highest BCUT2D eigenvalue weighted by molar-refractivity contribution is 5.92. The number of benzene rings is 2. The zero-order valence-corrected chi connectivity index (χ0v) is 18.5. The average Bonchev–Trinajstić information content (AvgIpc) is 3.51. The van der Waals surface area contributed by atoms with E-state index in [2.05, 4.69) is 20.4 Å². The van der Waals surface area contributed by atoms with Crippen LogP contribution in [-0.2, 0) is 4.79 Å². The van der Waals surface area contributed by atoms with Crippen molar-refractivity contribution in [3.8, 4) is 23.2 Å². The first kappa shape index (κ1) is 21.2. The van der Waals surface area contributed by atoms with Gasteiger partial charge in [-0.05, 0) is 48.9 Å². The average molecular weight is 455 g/mol. The Hall–Kier alpha value is -4.66. The Morgan fingerprint density at radius 1 is 1.09 bits per heavy atom. The van der Waals surface area contributed by atoms with Gasteiger partial charge in [-0.2, -0.15) is 9.78 Å². The Bertz CT molecular complexity index is 1550. The first-order valence-electron chi connectivity index (χ1n) is 10.6. The number of ether oxygens (including phenoxy) is 1. The third-order valence-corrected chi connectivity index (χ3v) is 5.42. The molecule has 0 saturated carbocycles. The lowest BCUT2D eigenvalue weighted by Crippen LogP contribution is -2.23. The first-order chi connectivity index (χ1) is 16.5. The Labute approximate surface area is 194 Å². The number of H-pyrrole nitrogens is 1. The maximum Gasteiger partial charge on any atom is 0.263 e. The highest BCUT2D eigenvalue weighted by Crippen LogP contribution is 2.24. The molecule has 2 N–H and O–H groups in total. The molecule has 0 radical (unpaired) electrons. The molecular weight excluding hydrogens is 434 g/mol. The van der Waals surface area contributed by atoms with E-state index in [1.807, 2.05) is 42.5 Å². The third kappa shape index (κ3) is 4.18. The summed E-state index contributed by atoms with van der Waals surface area (Å²) < 4.78 is 12.5. The second-order valence-corrected chi connectivity index (χ2v) is 7.75. The topological polar surface area (TPSA) is 115 Å². The maximum absolute atomic E-state index is 12.7. The van der Waals surface area contributed by atoms with Crippen molar-refractivity contribution >= 4 is 22.5 Å². The SMILES string of the molecule is Cc1nc(-n2nc(-c3ccco3)cc2NC(=O)COc2ccc3ccccc3c2)[nH]c(=O)c1C. The molecule has 0 aliphatic rings. The fourth-order valence-corrected chi connectivity index (χ4v) is 3.49. The number of nitrogens with zero attached hydrogens (tertiary/aromatic N) is 3. The van der Waals surface area contributed by atoms with E-state index in [0.717, 1.165) is 10.8 Å². The van der Waals surface area contributed by atoms with Crippen LogP contribution in [0.1, 0.15) is 11.3 Å². The molecule has 3 heterocycles. The molecule has 0 aliphatic carbocycles. The Kier molecular flexibility index (Phi) is 5.43. The highest BCUT2D eigenvalue weighted by atomic mass is 16.5. The van der Waals surface area contributed by atoms with Gasteiger partial charge in [0.15, 0.2) is 12.4 Å². The van der Waals surface area contributed by atoms with E-state index in [4.69, 9.17) is 9.15 Å². The monoisotopic (exact) mass is 455 g/mol. The molecule has 3 aromatic heterocycles. The molecule has 9 nitrogen and oxygen atoms in total. The molecule has 5 aromatic rings. The Morgan fingerprint density at radius 2 is 1.91 bits per heavy atom. The van der Waals surface area contributed by atoms with Gasteiger partial charge in [0.2, 0.25) is 5.95 Å². The third-order valence-electron chi connectivity index (χ3n) is 5.42. The number of aromatic amines is 1. The summed E-state index contributed by atoms with van der Waals surface area (Å²) in [7, 11) is 0. The maximum atomic E-state index is 12.7. The normalized spacial score (nSPS) is 11.0. The lowest BCUT2D eigenvalue weighted by Gasteiger charge is -2.10. The number of rotatable bonds is 6. The van der Waals surface area contributed by atoms with Gasteiger partial charge in [0.25, 0.3) is 11.5 Å². The van der Waals surface area contributed by atoms with E-state index in [0.29, 0.717) is 34.3 Å². The van der Waals surface area contributed by atoms with Crippen molar-refractivity contribution in [1.82, 2.24) is 19.7 Å². The van der Waals surface area contributed by atoms with Gasteiger partial charge in [0, 0.05) is 17.3 Å². The van der Waals surface area contributed by atoms with Crippen LogP contribution in [0.15, 0.2) is 76.1 Å². The summed E-state index contributed by atoms with van der Waals surface area (Å²) in [5, 5.41) is 9.37. The minimum absolute atomic E-state index is 0.177. The molecular formula is C25H21N5O4. The van der Waals surface area contributed by atoms with Crippen molar-refractivity contribution in [3.63, 3.8) is 0 Å². The van der Waals surface area contributed by atoms with Crippen molar-refractivity contribution in [2.75, 3.05) is 11.9 Å². The molecule has 1 amide bonds. The summed E-state index contributed by atoms with van der Waals surface area (Å²) in [5.74, 6) is 1.18. The van der Waals surface area contributed by atoms with Gasteiger partial charge in [-0.15, -0.1) is 0 Å². The first-order valence-corrected chi connectivity index (χ1v) is 10.6. The molecule has 0 aliphatic heterocycles. The largest absolute Gasteiger partial charge is 0.484 e. The van der Waals surface area contributed by atoms with Crippen LogP contribution in [0.25, 0.3) is 28.2 Å². The smallest absolute Gasteiger partial charge is 0.263 e. The van der Waals surface area contributed by atoms with Gasteiger partial charge in [-0.1, -0.05) is 30.3 Å². The van der Waals surface area contributed by atoms with Crippen molar-refractivity contribution < 1.29 is 13.9 Å². The molecule has 2 aromatic carbocycles. The zero-order chi connectivity index (χ0) is 23.7. The molecule has 5 rings (SSSR count). The number of nitrogens with one attached hydrogen (secondary N) is 2. The highest BCUT2D eigenvalue weighted by Gasteiger charge is 2.18. The van der Waals surface area contributed by atoms with Crippen LogP contribution in [-0.4, -0.2) is 32.3 Å². The quantitative estimate of drug-likeness (QED) is 0.400. The van der Waals surface area contributed by atoms with E-state index in [1.165, 1.54) is 10.9 Å². The van der Waals surface area contributed by atoms with Crippen molar-refractivity contribution in [1.29, 1.82) is 0 Å². The van der Waals surface area contributed by atoms with Crippen LogP contribution in [0, 0.1) is 13.8 Å². The molecule has 0 unspecified atom stereocenters. The van der Waals surface area contributed by atoms with Gasteiger partial charge in [-0.3, -0.25) is 14.6 Å². The second kappa shape index (κ2) is 8.70. The number of hydrogen-bond acceptors (Lipinski definition) is 6. The van der Waals surface area contributed by atoms with E-state index >= 15 is 0 Å². The number of furan rings is 1. The summed E-state index contributed by atoms with van der Waals surface area (Å²) in [6.07, 6.45) is 1.53. The lowest BCUT2D eigenvalue weighted by molar-refractivity contribution is -0.118.